The molecule has 1 aromatic heterocycles. The van der Waals surface area contributed by atoms with Crippen LogP contribution in [0.4, 0.5) is 5.69 Å². The number of nitrogens with one attached hydrogen (secondary N) is 1. The van der Waals surface area contributed by atoms with Gasteiger partial charge in [0.2, 0.25) is 0 Å². The molecule has 0 fully saturated rings. The molecule has 0 saturated carbocycles. The molecule has 3 rings (SSSR count). The van der Waals surface area contributed by atoms with Crippen LogP contribution in [0.25, 0.3) is 22.3 Å². The summed E-state index contributed by atoms with van der Waals surface area (Å²) in [6, 6.07) is 10.7. The van der Waals surface area contributed by atoms with Gasteiger partial charge in [0.05, 0.1) is 16.6 Å². The average Bonchev–Trinajstić information content (AvgIpc) is 2.46. The molecule has 0 amide bonds. The third-order valence-corrected chi connectivity index (χ3v) is 4.10. The molecule has 8 heteroatoms. The van der Waals surface area contributed by atoms with Crippen LogP contribution in [-0.4, -0.2) is 22.9 Å². The minimum Gasteiger partial charge on any atom is -0.398 e. The molecule has 0 saturated heterocycles. The van der Waals surface area contributed by atoms with E-state index in [9.17, 15) is 13.2 Å². The summed E-state index contributed by atoms with van der Waals surface area (Å²) in [6.45, 7) is 0. The Hall–Kier alpha value is -2.71. The standard InChI is InChI=1S/C14H11N3O4S/c15-10-7-8(5-6-12(10)22(19,20)21)13-16-11-4-2-1-3-9(11)14(18)17-13/h1-7H,15H2,(H,16,17,18)(H,19,20,21). The number of benzene rings is 2. The highest BCUT2D eigenvalue weighted by Gasteiger charge is 2.15. The molecule has 0 aliphatic rings. The van der Waals surface area contributed by atoms with Crippen LogP contribution in [0.1, 0.15) is 0 Å². The van der Waals surface area contributed by atoms with Crippen molar-refractivity contribution in [2.45, 2.75) is 4.90 Å². The molecule has 0 unspecified atom stereocenters. The number of H-pyrrole nitrogens is 1. The van der Waals surface area contributed by atoms with Gasteiger partial charge in [-0.3, -0.25) is 9.35 Å². The van der Waals surface area contributed by atoms with Crippen molar-refractivity contribution in [2.24, 2.45) is 0 Å². The van der Waals surface area contributed by atoms with Gasteiger partial charge in [0.25, 0.3) is 15.7 Å². The lowest BCUT2D eigenvalue weighted by atomic mass is 10.1. The van der Waals surface area contributed by atoms with E-state index >= 15 is 0 Å². The number of hydrogen-bond acceptors (Lipinski definition) is 5. The number of hydrogen-bond donors (Lipinski definition) is 3. The molecule has 2 aromatic carbocycles. The topological polar surface area (TPSA) is 126 Å². The van der Waals surface area contributed by atoms with E-state index in [1.807, 2.05) is 0 Å². The summed E-state index contributed by atoms with van der Waals surface area (Å²) in [5.74, 6) is 0.261. The van der Waals surface area contributed by atoms with Gasteiger partial charge in [0, 0.05) is 5.56 Å². The zero-order valence-corrected chi connectivity index (χ0v) is 12.0. The quantitative estimate of drug-likeness (QED) is 0.484. The van der Waals surface area contributed by atoms with E-state index in [1.165, 1.54) is 12.1 Å². The average molecular weight is 317 g/mol. The lowest BCUT2D eigenvalue weighted by molar-refractivity contribution is 0.483. The second kappa shape index (κ2) is 4.93. The molecular weight excluding hydrogens is 306 g/mol. The number of rotatable bonds is 2. The second-order valence-electron chi connectivity index (χ2n) is 4.66. The molecule has 112 valence electrons. The Morgan fingerprint density at radius 1 is 1.14 bits per heavy atom. The lowest BCUT2D eigenvalue weighted by Gasteiger charge is -2.06. The van der Waals surface area contributed by atoms with Crippen molar-refractivity contribution in [3.05, 3.63) is 52.8 Å². The van der Waals surface area contributed by atoms with Crippen LogP contribution >= 0.6 is 0 Å². The van der Waals surface area contributed by atoms with Crippen molar-refractivity contribution in [1.82, 2.24) is 9.97 Å². The number of aromatic nitrogens is 2. The van der Waals surface area contributed by atoms with E-state index in [1.54, 1.807) is 24.3 Å². The van der Waals surface area contributed by atoms with Crippen molar-refractivity contribution in [1.29, 1.82) is 0 Å². The molecule has 0 spiro atoms. The highest BCUT2D eigenvalue weighted by molar-refractivity contribution is 7.86. The number of fused-ring (bicyclic) bond motifs is 1. The van der Waals surface area contributed by atoms with Gasteiger partial charge >= 0.3 is 0 Å². The zero-order valence-electron chi connectivity index (χ0n) is 11.1. The summed E-state index contributed by atoms with van der Waals surface area (Å²) in [7, 11) is -4.39. The van der Waals surface area contributed by atoms with Crippen LogP contribution in [0, 0.1) is 0 Å². The molecule has 3 aromatic rings. The summed E-state index contributed by atoms with van der Waals surface area (Å²) < 4.78 is 31.3. The van der Waals surface area contributed by atoms with Gasteiger partial charge in [-0.25, -0.2) is 4.98 Å². The van der Waals surface area contributed by atoms with E-state index in [4.69, 9.17) is 10.3 Å². The van der Waals surface area contributed by atoms with Crippen LogP contribution in [0.2, 0.25) is 0 Å². The smallest absolute Gasteiger partial charge is 0.296 e. The van der Waals surface area contributed by atoms with Crippen molar-refractivity contribution in [2.75, 3.05) is 5.73 Å². The van der Waals surface area contributed by atoms with Crippen molar-refractivity contribution in [3.63, 3.8) is 0 Å². The third kappa shape index (κ3) is 2.45. The number of para-hydroxylation sites is 1. The predicted molar refractivity (Wildman–Crippen MR) is 82.0 cm³/mol. The number of nitrogens with zero attached hydrogens (tertiary/aromatic N) is 1. The summed E-state index contributed by atoms with van der Waals surface area (Å²) >= 11 is 0. The van der Waals surface area contributed by atoms with Crippen molar-refractivity contribution in [3.8, 4) is 11.4 Å². The van der Waals surface area contributed by atoms with Gasteiger partial charge in [0.1, 0.15) is 10.7 Å². The number of nitrogens with two attached hydrogens (primary N) is 1. The van der Waals surface area contributed by atoms with E-state index in [2.05, 4.69) is 9.97 Å². The minimum absolute atomic E-state index is 0.129. The molecule has 4 N–H and O–H groups in total. The summed E-state index contributed by atoms with van der Waals surface area (Å²) in [5, 5.41) is 0.453. The highest BCUT2D eigenvalue weighted by Crippen LogP contribution is 2.24. The first kappa shape index (κ1) is 14.2. The second-order valence-corrected chi connectivity index (χ2v) is 6.05. The van der Waals surface area contributed by atoms with Gasteiger partial charge in [-0.05, 0) is 30.3 Å². The Kier molecular flexibility index (Phi) is 3.19. The van der Waals surface area contributed by atoms with Gasteiger partial charge in [-0.1, -0.05) is 12.1 Å². The van der Waals surface area contributed by atoms with E-state index in [0.29, 0.717) is 16.5 Å². The van der Waals surface area contributed by atoms with Crippen molar-refractivity contribution < 1.29 is 13.0 Å². The first-order valence-corrected chi connectivity index (χ1v) is 7.67. The molecule has 0 aliphatic heterocycles. The fourth-order valence-corrected chi connectivity index (χ4v) is 2.75. The number of aromatic amines is 1. The Bertz CT molecular complexity index is 1040. The maximum absolute atomic E-state index is 12.0. The van der Waals surface area contributed by atoms with Gasteiger partial charge in [-0.2, -0.15) is 8.42 Å². The van der Waals surface area contributed by atoms with Gasteiger partial charge < -0.3 is 10.7 Å². The van der Waals surface area contributed by atoms with Gasteiger partial charge in [-0.15, -0.1) is 0 Å². The van der Waals surface area contributed by atoms with E-state index in [-0.39, 0.29) is 22.0 Å². The molecule has 7 nitrogen and oxygen atoms in total. The van der Waals surface area contributed by atoms with Crippen LogP contribution < -0.4 is 11.3 Å². The van der Waals surface area contributed by atoms with Crippen LogP contribution in [-0.2, 0) is 10.1 Å². The van der Waals surface area contributed by atoms with Crippen LogP contribution in [0.3, 0.4) is 0 Å². The summed E-state index contributed by atoms with van der Waals surface area (Å²) in [4.78, 5) is 18.6. The third-order valence-electron chi connectivity index (χ3n) is 3.17. The summed E-state index contributed by atoms with van der Waals surface area (Å²) in [6.07, 6.45) is 0. The highest BCUT2D eigenvalue weighted by atomic mass is 32.2. The van der Waals surface area contributed by atoms with Gasteiger partial charge in [0.15, 0.2) is 0 Å². The SMILES string of the molecule is Nc1cc(-c2nc3ccccc3c(=O)[nH]2)ccc1S(=O)(=O)O. The Morgan fingerprint density at radius 3 is 2.55 bits per heavy atom. The maximum Gasteiger partial charge on any atom is 0.296 e. The Balaban J connectivity index is 2.20. The largest absolute Gasteiger partial charge is 0.398 e. The molecule has 0 atom stereocenters. The predicted octanol–water partition coefficient (Wildman–Crippen LogP) is 1.42. The molecule has 0 bridgehead atoms. The normalized spacial score (nSPS) is 11.7. The van der Waals surface area contributed by atoms with E-state index in [0.717, 1.165) is 6.07 Å². The molecule has 1 heterocycles. The van der Waals surface area contributed by atoms with E-state index < -0.39 is 10.1 Å². The summed E-state index contributed by atoms with van der Waals surface area (Å²) in [5.41, 5.74) is 6.15. The fraction of sp³-hybridized carbons (Fsp3) is 0. The molecule has 0 radical (unpaired) electrons. The zero-order chi connectivity index (χ0) is 15.9. The van der Waals surface area contributed by atoms with Crippen molar-refractivity contribution >= 4 is 26.7 Å². The first-order valence-electron chi connectivity index (χ1n) is 6.23. The molecular formula is C14H11N3O4S. The molecule has 0 aliphatic carbocycles. The van der Waals surface area contributed by atoms with Crippen LogP contribution in [0.5, 0.6) is 0 Å². The maximum atomic E-state index is 12.0. The molecule has 22 heavy (non-hydrogen) atoms. The number of anilines is 1. The Labute approximate surface area is 125 Å². The fourth-order valence-electron chi connectivity index (χ4n) is 2.15. The van der Waals surface area contributed by atoms with Crippen LogP contribution in [0.15, 0.2) is 52.2 Å². The Morgan fingerprint density at radius 2 is 1.86 bits per heavy atom. The monoisotopic (exact) mass is 317 g/mol. The minimum atomic E-state index is -4.39. The first-order chi connectivity index (χ1) is 10.4. The number of nitrogen functional groups attached to an aromatic ring is 1. The lowest BCUT2D eigenvalue weighted by Crippen LogP contribution is -2.10.